The SMILES string of the molecule is CC(NCc1ccccc1Br)c1ccc(C(C)(C)C)cc1. The normalized spacial score (nSPS) is 13.2. The van der Waals surface area contributed by atoms with Crippen LogP contribution in [-0.2, 0) is 12.0 Å². The van der Waals surface area contributed by atoms with Crippen molar-refractivity contribution < 1.29 is 0 Å². The average Bonchev–Trinajstić information content (AvgIpc) is 2.45. The van der Waals surface area contributed by atoms with Gasteiger partial charge in [-0.25, -0.2) is 0 Å². The molecule has 0 amide bonds. The molecule has 2 aromatic carbocycles. The molecule has 1 nitrogen and oxygen atoms in total. The number of hydrogen-bond donors (Lipinski definition) is 1. The van der Waals surface area contributed by atoms with E-state index in [1.54, 1.807) is 0 Å². The highest BCUT2D eigenvalue weighted by Gasteiger charge is 2.14. The molecule has 21 heavy (non-hydrogen) atoms. The Bertz CT molecular complexity index is 581. The standard InChI is InChI=1S/C19H24BrN/c1-14(21-13-16-7-5-6-8-18(16)20)15-9-11-17(12-10-15)19(2,3)4/h5-12,14,21H,13H2,1-4H3. The molecule has 2 rings (SSSR count). The van der Waals surface area contributed by atoms with E-state index in [4.69, 9.17) is 0 Å². The summed E-state index contributed by atoms with van der Waals surface area (Å²) in [6, 6.07) is 17.6. The molecule has 1 atom stereocenters. The Balaban J connectivity index is 2.01. The molecule has 0 saturated heterocycles. The van der Waals surface area contributed by atoms with Crippen LogP contribution in [0.5, 0.6) is 0 Å². The molecule has 0 spiro atoms. The van der Waals surface area contributed by atoms with E-state index in [1.807, 2.05) is 6.07 Å². The lowest BCUT2D eigenvalue weighted by Crippen LogP contribution is -2.18. The Morgan fingerprint density at radius 2 is 1.62 bits per heavy atom. The van der Waals surface area contributed by atoms with Crippen molar-refractivity contribution in [3.8, 4) is 0 Å². The topological polar surface area (TPSA) is 12.0 Å². The lowest BCUT2D eigenvalue weighted by molar-refractivity contribution is 0.569. The van der Waals surface area contributed by atoms with Gasteiger partial charge in [-0.2, -0.15) is 0 Å². The minimum absolute atomic E-state index is 0.212. The van der Waals surface area contributed by atoms with Crippen molar-refractivity contribution in [1.82, 2.24) is 5.32 Å². The Labute approximate surface area is 136 Å². The van der Waals surface area contributed by atoms with Gasteiger partial charge in [0, 0.05) is 17.1 Å². The summed E-state index contributed by atoms with van der Waals surface area (Å²) < 4.78 is 1.16. The molecule has 0 heterocycles. The monoisotopic (exact) mass is 345 g/mol. The van der Waals surface area contributed by atoms with Crippen LogP contribution in [0.1, 0.15) is 50.4 Å². The van der Waals surface area contributed by atoms with Crippen molar-refractivity contribution in [2.45, 2.75) is 45.7 Å². The van der Waals surface area contributed by atoms with Crippen molar-refractivity contribution >= 4 is 15.9 Å². The lowest BCUT2D eigenvalue weighted by Gasteiger charge is -2.21. The molecule has 0 fully saturated rings. The molecule has 0 aliphatic heterocycles. The van der Waals surface area contributed by atoms with Gasteiger partial charge < -0.3 is 5.32 Å². The molecular weight excluding hydrogens is 322 g/mol. The molecule has 1 N–H and O–H groups in total. The van der Waals surface area contributed by atoms with Crippen LogP contribution in [0.2, 0.25) is 0 Å². The number of hydrogen-bond acceptors (Lipinski definition) is 1. The van der Waals surface area contributed by atoms with E-state index >= 15 is 0 Å². The summed E-state index contributed by atoms with van der Waals surface area (Å²) in [5, 5.41) is 3.58. The molecular formula is C19H24BrN. The molecule has 1 unspecified atom stereocenters. The summed E-state index contributed by atoms with van der Waals surface area (Å²) in [5.74, 6) is 0. The van der Waals surface area contributed by atoms with Crippen molar-refractivity contribution in [3.63, 3.8) is 0 Å². The zero-order valence-corrected chi connectivity index (χ0v) is 14.9. The molecule has 0 saturated carbocycles. The lowest BCUT2D eigenvalue weighted by atomic mass is 9.86. The highest BCUT2D eigenvalue weighted by atomic mass is 79.9. The predicted octanol–water partition coefficient (Wildman–Crippen LogP) is 5.60. The Hall–Kier alpha value is -1.12. The number of rotatable bonds is 4. The van der Waals surface area contributed by atoms with Crippen LogP contribution in [0.4, 0.5) is 0 Å². The van der Waals surface area contributed by atoms with Gasteiger partial charge in [0.2, 0.25) is 0 Å². The minimum Gasteiger partial charge on any atom is -0.306 e. The first-order chi connectivity index (χ1) is 9.88. The van der Waals surface area contributed by atoms with E-state index < -0.39 is 0 Å². The van der Waals surface area contributed by atoms with Crippen LogP contribution in [0.3, 0.4) is 0 Å². The fourth-order valence-corrected chi connectivity index (χ4v) is 2.72. The predicted molar refractivity (Wildman–Crippen MR) is 94.5 cm³/mol. The van der Waals surface area contributed by atoms with Gasteiger partial charge in [-0.15, -0.1) is 0 Å². The third-order valence-corrected chi connectivity index (χ3v) is 4.61. The van der Waals surface area contributed by atoms with Crippen molar-refractivity contribution in [2.24, 2.45) is 0 Å². The summed E-state index contributed by atoms with van der Waals surface area (Å²) in [7, 11) is 0. The van der Waals surface area contributed by atoms with Crippen molar-refractivity contribution in [2.75, 3.05) is 0 Å². The van der Waals surface area contributed by atoms with Crippen LogP contribution in [0.15, 0.2) is 53.0 Å². The Kier molecular flexibility index (Phi) is 5.23. The molecule has 2 heteroatoms. The van der Waals surface area contributed by atoms with Gasteiger partial charge in [0.15, 0.2) is 0 Å². The average molecular weight is 346 g/mol. The Morgan fingerprint density at radius 3 is 2.19 bits per heavy atom. The molecule has 0 aromatic heterocycles. The van der Waals surface area contributed by atoms with E-state index in [0.29, 0.717) is 6.04 Å². The number of halogens is 1. The molecule has 0 radical (unpaired) electrons. The second kappa shape index (κ2) is 6.76. The highest BCUT2D eigenvalue weighted by molar-refractivity contribution is 9.10. The van der Waals surface area contributed by atoms with Crippen molar-refractivity contribution in [3.05, 3.63) is 69.7 Å². The van der Waals surface area contributed by atoms with Crippen LogP contribution in [-0.4, -0.2) is 0 Å². The van der Waals surface area contributed by atoms with Gasteiger partial charge in [0.25, 0.3) is 0 Å². The van der Waals surface area contributed by atoms with Gasteiger partial charge in [-0.3, -0.25) is 0 Å². The highest BCUT2D eigenvalue weighted by Crippen LogP contribution is 2.24. The van der Waals surface area contributed by atoms with Gasteiger partial charge in [-0.05, 0) is 35.1 Å². The second-order valence-electron chi connectivity index (χ2n) is 6.57. The third kappa shape index (κ3) is 4.42. The van der Waals surface area contributed by atoms with Gasteiger partial charge in [0.05, 0.1) is 0 Å². The molecule has 2 aromatic rings. The van der Waals surface area contributed by atoms with Crippen LogP contribution < -0.4 is 5.32 Å². The molecule has 0 aliphatic carbocycles. The van der Waals surface area contributed by atoms with E-state index in [-0.39, 0.29) is 5.41 Å². The first-order valence-corrected chi connectivity index (χ1v) is 8.24. The zero-order valence-electron chi connectivity index (χ0n) is 13.3. The maximum Gasteiger partial charge on any atom is 0.0294 e. The first-order valence-electron chi connectivity index (χ1n) is 7.45. The van der Waals surface area contributed by atoms with Crippen LogP contribution in [0.25, 0.3) is 0 Å². The molecule has 0 bridgehead atoms. The summed E-state index contributed by atoms with van der Waals surface area (Å²) in [5.41, 5.74) is 4.21. The summed E-state index contributed by atoms with van der Waals surface area (Å²) >= 11 is 3.59. The van der Waals surface area contributed by atoms with Gasteiger partial charge >= 0.3 is 0 Å². The van der Waals surface area contributed by atoms with Gasteiger partial charge in [0.1, 0.15) is 0 Å². The zero-order chi connectivity index (χ0) is 15.5. The summed E-state index contributed by atoms with van der Waals surface area (Å²) in [6.07, 6.45) is 0. The maximum absolute atomic E-state index is 3.59. The van der Waals surface area contributed by atoms with Crippen molar-refractivity contribution in [1.29, 1.82) is 0 Å². The third-order valence-electron chi connectivity index (χ3n) is 3.83. The molecule has 112 valence electrons. The minimum atomic E-state index is 0.212. The van der Waals surface area contributed by atoms with Crippen LogP contribution in [0, 0.1) is 0 Å². The van der Waals surface area contributed by atoms with E-state index in [0.717, 1.165) is 11.0 Å². The fourth-order valence-electron chi connectivity index (χ4n) is 2.29. The smallest absolute Gasteiger partial charge is 0.0294 e. The second-order valence-corrected chi connectivity index (χ2v) is 7.42. The number of benzene rings is 2. The largest absolute Gasteiger partial charge is 0.306 e. The van der Waals surface area contributed by atoms with Crippen LogP contribution >= 0.6 is 15.9 Å². The fraction of sp³-hybridized carbons (Fsp3) is 0.368. The van der Waals surface area contributed by atoms with E-state index in [1.165, 1.54) is 16.7 Å². The maximum atomic E-state index is 3.59. The van der Waals surface area contributed by atoms with E-state index in [2.05, 4.69) is 91.4 Å². The summed E-state index contributed by atoms with van der Waals surface area (Å²) in [4.78, 5) is 0. The quantitative estimate of drug-likeness (QED) is 0.760. The number of nitrogens with one attached hydrogen (secondary N) is 1. The Morgan fingerprint density at radius 1 is 1.00 bits per heavy atom. The first kappa shape index (κ1) is 16.3. The summed E-state index contributed by atoms with van der Waals surface area (Å²) in [6.45, 7) is 9.82. The van der Waals surface area contributed by atoms with Gasteiger partial charge in [-0.1, -0.05) is 79.2 Å². The van der Waals surface area contributed by atoms with E-state index in [9.17, 15) is 0 Å². The molecule has 0 aliphatic rings.